The maximum Gasteiger partial charge on any atom is 0.226 e. The smallest absolute Gasteiger partial charge is 0.226 e. The summed E-state index contributed by atoms with van der Waals surface area (Å²) in [5, 5.41) is 0.0944. The molecule has 2 aliphatic heterocycles. The van der Waals surface area contributed by atoms with Crippen LogP contribution < -0.4 is 0 Å². The van der Waals surface area contributed by atoms with Crippen molar-refractivity contribution < 1.29 is 13.4 Å². The Labute approximate surface area is 160 Å². The van der Waals surface area contributed by atoms with Gasteiger partial charge in [-0.05, 0) is 36.7 Å². The minimum Gasteiger partial charge on any atom is -0.408 e. The fourth-order valence-corrected chi connectivity index (χ4v) is 5.96. The molecule has 0 aromatic heterocycles. The first-order chi connectivity index (χ1) is 12.1. The number of carbonyl (C=O) groups excluding carboxylic acids is 1. The molecule has 2 heterocycles. The molecule has 0 radical (unpaired) electrons. The summed E-state index contributed by atoms with van der Waals surface area (Å²) < 4.78 is 19.9. The van der Waals surface area contributed by atoms with Gasteiger partial charge in [-0.15, -0.1) is 0 Å². The molecule has 0 unspecified atom stereocenters. The number of hydrogen-bond donors (Lipinski definition) is 0. The second-order valence-electron chi connectivity index (χ2n) is 8.59. The number of hydrogen-bond acceptors (Lipinski definition) is 3. The highest BCUT2D eigenvalue weighted by Crippen LogP contribution is 2.42. The number of rotatable bonds is 4. The summed E-state index contributed by atoms with van der Waals surface area (Å²) in [5.74, 6) is 0.134. The van der Waals surface area contributed by atoms with E-state index in [1.165, 1.54) is 0 Å². The highest BCUT2D eigenvalue weighted by atomic mass is 32.2. The van der Waals surface area contributed by atoms with Gasteiger partial charge in [-0.2, -0.15) is 0 Å². The lowest BCUT2D eigenvalue weighted by molar-refractivity contribution is -0.132. The van der Waals surface area contributed by atoms with Gasteiger partial charge in [-0.1, -0.05) is 39.0 Å². The average molecular weight is 392 g/mol. The molecule has 1 fully saturated rings. The number of nitrogens with zero attached hydrogens (tertiary/aromatic N) is 1. The molecule has 26 heavy (non-hydrogen) atoms. The lowest BCUT2D eigenvalue weighted by Crippen LogP contribution is -2.48. The first-order valence-electron chi connectivity index (χ1n) is 9.30. The Balaban J connectivity index is 1.98. The highest BCUT2D eigenvalue weighted by molar-refractivity contribution is 7.89. The molecule has 142 valence electrons. The number of amides is 1. The van der Waals surface area contributed by atoms with E-state index in [0.717, 1.165) is 15.5 Å². The van der Waals surface area contributed by atoms with Crippen LogP contribution >= 0.6 is 0 Å². The summed E-state index contributed by atoms with van der Waals surface area (Å²) in [5.41, 5.74) is 0.883. The quantitative estimate of drug-likeness (QED) is 0.714. The third kappa shape index (κ3) is 3.59. The molecule has 2 aliphatic rings. The summed E-state index contributed by atoms with van der Waals surface area (Å²) in [7, 11) is -3.23. The molecule has 0 saturated carbocycles. The molecule has 1 aromatic carbocycles. The maximum absolute atomic E-state index is 13.2. The van der Waals surface area contributed by atoms with Gasteiger partial charge in [0.2, 0.25) is 5.91 Å². The monoisotopic (exact) mass is 391 g/mol. The average Bonchev–Trinajstić information content (AvgIpc) is 3.02. The van der Waals surface area contributed by atoms with Crippen LogP contribution in [0.1, 0.15) is 40.0 Å². The van der Waals surface area contributed by atoms with Crippen LogP contribution in [0.5, 0.6) is 0 Å². The summed E-state index contributed by atoms with van der Waals surface area (Å²) in [4.78, 5) is 15.9. The van der Waals surface area contributed by atoms with Gasteiger partial charge in [0.15, 0.2) is 8.32 Å². The van der Waals surface area contributed by atoms with Gasteiger partial charge >= 0.3 is 0 Å². The second-order valence-corrected chi connectivity index (χ2v) is 14.8. The fraction of sp³-hybridized carbons (Fsp3) is 0.550. The largest absolute Gasteiger partial charge is 0.408 e. The van der Waals surface area contributed by atoms with E-state index in [1.54, 1.807) is 0 Å². The van der Waals surface area contributed by atoms with Crippen molar-refractivity contribution in [3.05, 3.63) is 40.9 Å². The lowest BCUT2D eigenvalue weighted by Gasteiger charge is -2.42. The van der Waals surface area contributed by atoms with Crippen LogP contribution in [0.25, 0.3) is 0 Å². The molecular weight excluding hydrogens is 362 g/mol. The van der Waals surface area contributed by atoms with E-state index in [0.29, 0.717) is 25.8 Å². The van der Waals surface area contributed by atoms with E-state index in [9.17, 15) is 9.00 Å². The van der Waals surface area contributed by atoms with Gasteiger partial charge in [-0.3, -0.25) is 4.79 Å². The normalized spacial score (nSPS) is 22.6. The first kappa shape index (κ1) is 19.5. The zero-order valence-electron chi connectivity index (χ0n) is 16.4. The summed E-state index contributed by atoms with van der Waals surface area (Å²) in [6, 6.07) is 9.51. The number of benzene rings is 1. The van der Waals surface area contributed by atoms with Crippen molar-refractivity contribution in [3.63, 3.8) is 0 Å². The van der Waals surface area contributed by atoms with E-state index in [1.807, 2.05) is 35.2 Å². The zero-order valence-corrected chi connectivity index (χ0v) is 18.2. The van der Waals surface area contributed by atoms with Gasteiger partial charge in [-0.25, -0.2) is 4.21 Å². The Kier molecular flexibility index (Phi) is 5.30. The van der Waals surface area contributed by atoms with E-state index >= 15 is 0 Å². The predicted molar refractivity (Wildman–Crippen MR) is 108 cm³/mol. The van der Waals surface area contributed by atoms with Gasteiger partial charge < -0.3 is 9.33 Å². The molecule has 1 amide bonds. The van der Waals surface area contributed by atoms with Crippen LogP contribution in [0.3, 0.4) is 0 Å². The highest BCUT2D eigenvalue weighted by Gasteiger charge is 2.45. The molecule has 1 saturated heterocycles. The Morgan fingerprint density at radius 1 is 1.15 bits per heavy atom. The van der Waals surface area contributed by atoms with E-state index < -0.39 is 19.1 Å². The molecule has 0 bridgehead atoms. The molecule has 0 spiro atoms. The van der Waals surface area contributed by atoms with E-state index in [2.05, 4.69) is 33.9 Å². The van der Waals surface area contributed by atoms with Gasteiger partial charge in [0.05, 0.1) is 22.6 Å². The van der Waals surface area contributed by atoms with Crippen molar-refractivity contribution in [2.45, 2.75) is 69.2 Å². The summed E-state index contributed by atoms with van der Waals surface area (Å²) in [6.45, 7) is 11.7. The predicted octanol–water partition coefficient (Wildman–Crippen LogP) is 4.42. The van der Waals surface area contributed by atoms with Crippen LogP contribution in [0.15, 0.2) is 45.8 Å². The van der Waals surface area contributed by atoms with Crippen molar-refractivity contribution in [2.75, 3.05) is 6.54 Å². The van der Waals surface area contributed by atoms with Crippen molar-refractivity contribution in [2.24, 2.45) is 0 Å². The molecular formula is C20H29NO3SSi. The topological polar surface area (TPSA) is 46.6 Å². The maximum atomic E-state index is 13.2. The minimum atomic E-state index is -1.99. The molecule has 1 aromatic rings. The molecule has 6 heteroatoms. The second kappa shape index (κ2) is 7.06. The van der Waals surface area contributed by atoms with Gasteiger partial charge in [0.25, 0.3) is 0 Å². The summed E-state index contributed by atoms with van der Waals surface area (Å²) in [6.07, 6.45) is 1.74. The third-order valence-electron chi connectivity index (χ3n) is 5.79. The molecule has 4 nitrogen and oxygen atoms in total. The van der Waals surface area contributed by atoms with Crippen molar-refractivity contribution in [1.82, 2.24) is 4.90 Å². The van der Waals surface area contributed by atoms with Crippen molar-refractivity contribution >= 4 is 25.0 Å². The minimum absolute atomic E-state index is 0.0944. The van der Waals surface area contributed by atoms with Crippen LogP contribution in [-0.2, 0) is 20.0 Å². The van der Waals surface area contributed by atoms with E-state index in [-0.39, 0.29) is 17.0 Å². The van der Waals surface area contributed by atoms with Crippen LogP contribution in [0.4, 0.5) is 0 Å². The Morgan fingerprint density at radius 3 is 2.42 bits per heavy atom. The molecule has 0 aliphatic carbocycles. The summed E-state index contributed by atoms with van der Waals surface area (Å²) >= 11 is 0. The first-order valence-corrected chi connectivity index (χ1v) is 13.4. The van der Waals surface area contributed by atoms with Crippen LogP contribution in [0, 0.1) is 0 Å². The zero-order chi connectivity index (χ0) is 19.1. The standard InChI is InChI=1S/C20H29NO3SSi/c1-20(2,3)26(4,5)24-16-11-12-18(22)21-14-13-17(19(16)21)25(23)15-9-7-6-8-10-15/h6-10,16H,11-14H2,1-5H3/t16-,25+/m0/s1. The molecule has 0 N–H and O–H groups in total. The van der Waals surface area contributed by atoms with Crippen LogP contribution in [0.2, 0.25) is 18.1 Å². The lowest BCUT2D eigenvalue weighted by atomic mass is 10.1. The Morgan fingerprint density at radius 2 is 1.81 bits per heavy atom. The number of carbonyl (C=O) groups is 1. The number of fused-ring (bicyclic) bond motifs is 1. The fourth-order valence-electron chi connectivity index (χ4n) is 3.27. The Hall–Kier alpha value is -1.24. The van der Waals surface area contributed by atoms with Crippen molar-refractivity contribution in [3.8, 4) is 0 Å². The molecule has 2 atom stereocenters. The van der Waals surface area contributed by atoms with E-state index in [4.69, 9.17) is 4.43 Å². The van der Waals surface area contributed by atoms with Gasteiger partial charge in [0, 0.05) is 29.2 Å². The van der Waals surface area contributed by atoms with Gasteiger partial charge in [0.1, 0.15) is 0 Å². The van der Waals surface area contributed by atoms with Crippen LogP contribution in [-0.4, -0.2) is 36.0 Å². The SMILES string of the molecule is CC(C)(C)[Si](C)(C)O[C@H]1CCC(=O)N2CCC([S@](=O)c3ccccc3)=C12. The Bertz CT molecular complexity index is 752. The number of piperidine rings is 1. The molecule has 3 rings (SSSR count). The van der Waals surface area contributed by atoms with Crippen molar-refractivity contribution in [1.29, 1.82) is 0 Å². The third-order valence-corrected chi connectivity index (χ3v) is 11.8.